The van der Waals surface area contributed by atoms with Gasteiger partial charge in [-0.3, -0.25) is 9.78 Å². The fraction of sp³-hybridized carbons (Fsp3) is 0.231. The molecule has 0 N–H and O–H groups in total. The molecule has 16 heavy (non-hydrogen) atoms. The number of esters is 1. The number of aromatic nitrogens is 1. The molecule has 82 valence electrons. The first-order valence-electron chi connectivity index (χ1n) is 5.15. The lowest BCUT2D eigenvalue weighted by Gasteiger charge is -2.09. The van der Waals surface area contributed by atoms with Gasteiger partial charge in [0.15, 0.2) is 0 Å². The topological polar surface area (TPSA) is 39.2 Å². The Balaban J connectivity index is 2.43. The monoisotopic (exact) mass is 215 g/mol. The highest BCUT2D eigenvalue weighted by molar-refractivity contribution is 5.83. The summed E-state index contributed by atoms with van der Waals surface area (Å²) >= 11 is 0. The molecule has 1 heterocycles. The van der Waals surface area contributed by atoms with Crippen LogP contribution in [0.25, 0.3) is 10.9 Å². The zero-order valence-corrected chi connectivity index (χ0v) is 9.31. The van der Waals surface area contributed by atoms with E-state index < -0.39 is 0 Å². The number of nitrogens with zero attached hydrogens (tertiary/aromatic N) is 1. The molecule has 3 nitrogen and oxygen atoms in total. The van der Waals surface area contributed by atoms with Crippen LogP contribution in [0.1, 0.15) is 18.4 Å². The van der Waals surface area contributed by atoms with Crippen molar-refractivity contribution in [3.63, 3.8) is 0 Å². The van der Waals surface area contributed by atoms with Gasteiger partial charge in [0.1, 0.15) is 0 Å². The molecule has 2 aromatic rings. The molecule has 1 aromatic carbocycles. The first kappa shape index (κ1) is 10.6. The number of carbonyl (C=O) groups is 1. The van der Waals surface area contributed by atoms with Crippen LogP contribution in [0.2, 0.25) is 0 Å². The average molecular weight is 215 g/mol. The Labute approximate surface area is 94.1 Å². The number of methoxy groups -OCH3 is 1. The standard InChI is InChI=1S/C13H13NO2/c1-9(13(15)16-2)11-6-5-10-4-3-7-14-12(10)8-11/h3-9H,1-2H3. The maximum atomic E-state index is 11.4. The van der Waals surface area contributed by atoms with E-state index >= 15 is 0 Å². The number of rotatable bonds is 2. The molecule has 2 rings (SSSR count). The minimum Gasteiger partial charge on any atom is -0.469 e. The van der Waals surface area contributed by atoms with E-state index in [2.05, 4.69) is 4.98 Å². The van der Waals surface area contributed by atoms with E-state index in [4.69, 9.17) is 4.74 Å². The van der Waals surface area contributed by atoms with Gasteiger partial charge >= 0.3 is 5.97 Å². The molecule has 0 radical (unpaired) electrons. The zero-order valence-electron chi connectivity index (χ0n) is 9.31. The highest BCUT2D eigenvalue weighted by atomic mass is 16.5. The van der Waals surface area contributed by atoms with E-state index in [1.54, 1.807) is 6.20 Å². The smallest absolute Gasteiger partial charge is 0.312 e. The molecule has 1 aromatic heterocycles. The average Bonchev–Trinajstić information content (AvgIpc) is 2.36. The normalized spacial score (nSPS) is 12.4. The van der Waals surface area contributed by atoms with Gasteiger partial charge in [-0.15, -0.1) is 0 Å². The van der Waals surface area contributed by atoms with Crippen molar-refractivity contribution in [2.24, 2.45) is 0 Å². The number of benzene rings is 1. The molecule has 0 aliphatic rings. The van der Waals surface area contributed by atoms with E-state index in [-0.39, 0.29) is 11.9 Å². The Morgan fingerprint density at radius 1 is 1.38 bits per heavy atom. The first-order chi connectivity index (χ1) is 7.72. The van der Waals surface area contributed by atoms with Gasteiger partial charge in [-0.1, -0.05) is 18.2 Å². The molecule has 0 aliphatic carbocycles. The summed E-state index contributed by atoms with van der Waals surface area (Å²) in [6, 6.07) is 9.72. The van der Waals surface area contributed by atoms with Crippen molar-refractivity contribution in [2.75, 3.05) is 7.11 Å². The van der Waals surface area contributed by atoms with Gasteiger partial charge in [0.2, 0.25) is 0 Å². The molecule has 0 amide bonds. The molecule has 0 fully saturated rings. The summed E-state index contributed by atoms with van der Waals surface area (Å²) in [5.41, 5.74) is 1.83. The fourth-order valence-electron chi connectivity index (χ4n) is 1.67. The third-order valence-electron chi connectivity index (χ3n) is 2.68. The highest BCUT2D eigenvalue weighted by Gasteiger charge is 2.15. The van der Waals surface area contributed by atoms with Crippen molar-refractivity contribution in [1.29, 1.82) is 0 Å². The Bertz CT molecular complexity index is 522. The van der Waals surface area contributed by atoms with Gasteiger partial charge in [0, 0.05) is 11.6 Å². The molecule has 0 aliphatic heterocycles. The summed E-state index contributed by atoms with van der Waals surface area (Å²) in [6.45, 7) is 1.83. The molecular weight excluding hydrogens is 202 g/mol. The molecule has 1 atom stereocenters. The largest absolute Gasteiger partial charge is 0.469 e. The third-order valence-corrected chi connectivity index (χ3v) is 2.68. The Morgan fingerprint density at radius 3 is 2.94 bits per heavy atom. The minimum atomic E-state index is -0.253. The Hall–Kier alpha value is -1.90. The summed E-state index contributed by atoms with van der Waals surface area (Å²) in [4.78, 5) is 15.7. The van der Waals surface area contributed by atoms with E-state index in [0.717, 1.165) is 16.5 Å². The lowest BCUT2D eigenvalue weighted by Crippen LogP contribution is -2.10. The van der Waals surface area contributed by atoms with Crippen LogP contribution in [0.5, 0.6) is 0 Å². The minimum absolute atomic E-state index is 0.227. The number of fused-ring (bicyclic) bond motifs is 1. The van der Waals surface area contributed by atoms with E-state index in [9.17, 15) is 4.79 Å². The highest BCUT2D eigenvalue weighted by Crippen LogP contribution is 2.21. The molecular formula is C13H13NO2. The predicted molar refractivity (Wildman–Crippen MR) is 62.2 cm³/mol. The summed E-state index contributed by atoms with van der Waals surface area (Å²) in [7, 11) is 1.40. The molecule has 0 saturated carbocycles. The number of hydrogen-bond donors (Lipinski definition) is 0. The maximum Gasteiger partial charge on any atom is 0.312 e. The van der Waals surface area contributed by atoms with Gasteiger partial charge in [-0.2, -0.15) is 0 Å². The van der Waals surface area contributed by atoms with Crippen molar-refractivity contribution in [2.45, 2.75) is 12.8 Å². The number of carbonyl (C=O) groups excluding carboxylic acids is 1. The van der Waals surface area contributed by atoms with Gasteiger partial charge in [0.05, 0.1) is 18.5 Å². The quantitative estimate of drug-likeness (QED) is 0.722. The van der Waals surface area contributed by atoms with Gasteiger partial charge in [0.25, 0.3) is 0 Å². The predicted octanol–water partition coefficient (Wildman–Crippen LogP) is 2.51. The molecule has 0 spiro atoms. The second kappa shape index (κ2) is 4.31. The van der Waals surface area contributed by atoms with Crippen LogP contribution in [0.4, 0.5) is 0 Å². The lowest BCUT2D eigenvalue weighted by atomic mass is 10.00. The molecule has 3 heteroatoms. The van der Waals surface area contributed by atoms with Crippen LogP contribution < -0.4 is 0 Å². The molecule has 0 saturated heterocycles. The molecule has 1 unspecified atom stereocenters. The number of hydrogen-bond acceptors (Lipinski definition) is 3. The van der Waals surface area contributed by atoms with Crippen LogP contribution in [0, 0.1) is 0 Å². The van der Waals surface area contributed by atoms with E-state index in [1.807, 2.05) is 37.3 Å². The van der Waals surface area contributed by atoms with Crippen LogP contribution in [-0.4, -0.2) is 18.1 Å². The van der Waals surface area contributed by atoms with Gasteiger partial charge in [-0.25, -0.2) is 0 Å². The second-order valence-corrected chi connectivity index (χ2v) is 3.70. The zero-order chi connectivity index (χ0) is 11.5. The van der Waals surface area contributed by atoms with Crippen LogP contribution >= 0.6 is 0 Å². The van der Waals surface area contributed by atoms with Crippen molar-refractivity contribution in [1.82, 2.24) is 4.98 Å². The summed E-state index contributed by atoms with van der Waals surface area (Å²) in [5.74, 6) is -0.480. The summed E-state index contributed by atoms with van der Waals surface area (Å²) < 4.78 is 4.72. The van der Waals surface area contributed by atoms with Crippen molar-refractivity contribution in [3.8, 4) is 0 Å². The number of pyridine rings is 1. The van der Waals surface area contributed by atoms with E-state index in [1.165, 1.54) is 7.11 Å². The SMILES string of the molecule is COC(=O)C(C)c1ccc2cccnc2c1. The van der Waals surface area contributed by atoms with E-state index in [0.29, 0.717) is 0 Å². The third kappa shape index (κ3) is 1.89. The van der Waals surface area contributed by atoms with Crippen LogP contribution in [-0.2, 0) is 9.53 Å². The van der Waals surface area contributed by atoms with Crippen LogP contribution in [0.15, 0.2) is 36.5 Å². The summed E-state index contributed by atoms with van der Waals surface area (Å²) in [5, 5.41) is 1.07. The fourth-order valence-corrected chi connectivity index (χ4v) is 1.67. The maximum absolute atomic E-state index is 11.4. The van der Waals surface area contributed by atoms with Crippen LogP contribution in [0.3, 0.4) is 0 Å². The second-order valence-electron chi connectivity index (χ2n) is 3.70. The van der Waals surface area contributed by atoms with Crippen molar-refractivity contribution >= 4 is 16.9 Å². The van der Waals surface area contributed by atoms with Gasteiger partial charge < -0.3 is 4.74 Å². The van der Waals surface area contributed by atoms with Crippen molar-refractivity contribution in [3.05, 3.63) is 42.1 Å². The Morgan fingerprint density at radius 2 is 2.19 bits per heavy atom. The summed E-state index contributed by atoms with van der Waals surface area (Å²) in [6.07, 6.45) is 1.74. The number of ether oxygens (including phenoxy) is 1. The Kier molecular flexibility index (Phi) is 2.86. The van der Waals surface area contributed by atoms with Crippen molar-refractivity contribution < 1.29 is 9.53 Å². The first-order valence-corrected chi connectivity index (χ1v) is 5.15. The van der Waals surface area contributed by atoms with Gasteiger partial charge in [-0.05, 0) is 24.6 Å². The lowest BCUT2D eigenvalue weighted by molar-refractivity contribution is -0.141. The molecule has 0 bridgehead atoms.